The summed E-state index contributed by atoms with van der Waals surface area (Å²) in [5, 5.41) is 29.6. The Hall–Kier alpha value is -2.00. The Labute approximate surface area is 172 Å². The highest BCUT2D eigenvalue weighted by molar-refractivity contribution is 5.88. The van der Waals surface area contributed by atoms with E-state index in [0.717, 1.165) is 25.7 Å². The van der Waals surface area contributed by atoms with Crippen molar-refractivity contribution in [2.45, 2.75) is 95.6 Å². The highest BCUT2D eigenvalue weighted by atomic mass is 16.4. The maximum atomic E-state index is 12.5. The van der Waals surface area contributed by atoms with Crippen molar-refractivity contribution in [3.8, 4) is 0 Å². The molecule has 9 nitrogen and oxygen atoms in total. The molecule has 0 aliphatic carbocycles. The van der Waals surface area contributed by atoms with Crippen LogP contribution in [-0.4, -0.2) is 57.1 Å². The molecule has 0 bridgehead atoms. The fourth-order valence-corrected chi connectivity index (χ4v) is 3.38. The molecule has 9 heteroatoms. The van der Waals surface area contributed by atoms with E-state index in [2.05, 4.69) is 12.2 Å². The number of carboxylic acids is 3. The lowest BCUT2D eigenvalue weighted by atomic mass is 9.80. The maximum absolute atomic E-state index is 12.5. The minimum Gasteiger partial charge on any atom is -0.481 e. The van der Waals surface area contributed by atoms with Crippen LogP contribution in [0.3, 0.4) is 0 Å². The first-order valence-corrected chi connectivity index (χ1v) is 10.3. The van der Waals surface area contributed by atoms with Crippen LogP contribution in [0.2, 0.25) is 0 Å². The van der Waals surface area contributed by atoms with Crippen LogP contribution in [0.4, 0.5) is 0 Å². The largest absolute Gasteiger partial charge is 0.481 e. The number of carboxylic acid groups (broad SMARTS) is 3. The monoisotopic (exact) mass is 416 g/mol. The zero-order valence-electron chi connectivity index (χ0n) is 17.3. The Morgan fingerprint density at radius 3 is 1.66 bits per heavy atom. The predicted octanol–water partition coefficient (Wildman–Crippen LogP) is 2.17. The smallest absolute Gasteiger partial charge is 0.317 e. The Kier molecular flexibility index (Phi) is 13.9. The van der Waals surface area contributed by atoms with Crippen LogP contribution >= 0.6 is 0 Å². The number of carbonyl (C=O) groups excluding carboxylic acids is 1. The normalized spacial score (nSPS) is 12.5. The second-order valence-corrected chi connectivity index (χ2v) is 7.57. The van der Waals surface area contributed by atoms with E-state index in [1.165, 1.54) is 25.7 Å². The van der Waals surface area contributed by atoms with Gasteiger partial charge in [0.25, 0.3) is 0 Å². The molecule has 0 heterocycles. The van der Waals surface area contributed by atoms with Gasteiger partial charge in [-0.15, -0.1) is 0 Å². The van der Waals surface area contributed by atoms with Crippen molar-refractivity contribution < 1.29 is 34.5 Å². The molecule has 0 aliphatic heterocycles. The van der Waals surface area contributed by atoms with E-state index in [0.29, 0.717) is 6.42 Å². The van der Waals surface area contributed by atoms with E-state index in [-0.39, 0.29) is 6.42 Å². The van der Waals surface area contributed by atoms with Crippen molar-refractivity contribution in [2.24, 2.45) is 5.73 Å². The summed E-state index contributed by atoms with van der Waals surface area (Å²) in [6.45, 7) is 1.47. The number of aliphatic carboxylic acids is 3. The van der Waals surface area contributed by atoms with Crippen molar-refractivity contribution in [3.05, 3.63) is 0 Å². The fourth-order valence-electron chi connectivity index (χ4n) is 3.38. The van der Waals surface area contributed by atoms with Gasteiger partial charge in [0.15, 0.2) is 5.78 Å². The molecule has 0 saturated heterocycles. The summed E-state index contributed by atoms with van der Waals surface area (Å²) in [7, 11) is 0. The Morgan fingerprint density at radius 2 is 1.24 bits per heavy atom. The van der Waals surface area contributed by atoms with Crippen LogP contribution in [0.1, 0.15) is 84.0 Å². The number of carbonyl (C=O) groups is 4. The molecule has 0 amide bonds. The van der Waals surface area contributed by atoms with Crippen molar-refractivity contribution in [3.63, 3.8) is 0 Å². The number of unbranched alkanes of at least 4 members (excludes halogenated alkanes) is 8. The summed E-state index contributed by atoms with van der Waals surface area (Å²) in [6, 6.07) is -1.43. The van der Waals surface area contributed by atoms with Gasteiger partial charge in [0.05, 0.1) is 31.0 Å². The second kappa shape index (κ2) is 14.9. The fraction of sp³-hybridized carbons (Fsp3) is 0.800. The zero-order chi connectivity index (χ0) is 22.3. The van der Waals surface area contributed by atoms with Gasteiger partial charge < -0.3 is 21.1 Å². The first kappa shape index (κ1) is 27.0. The van der Waals surface area contributed by atoms with E-state index in [9.17, 15) is 19.2 Å². The van der Waals surface area contributed by atoms with E-state index in [1.54, 1.807) is 0 Å². The maximum Gasteiger partial charge on any atom is 0.317 e. The van der Waals surface area contributed by atoms with Gasteiger partial charge in [-0.3, -0.25) is 24.5 Å². The van der Waals surface area contributed by atoms with Crippen molar-refractivity contribution in [2.75, 3.05) is 6.54 Å². The van der Waals surface area contributed by atoms with Crippen LogP contribution in [0, 0.1) is 0 Å². The van der Waals surface area contributed by atoms with Crippen LogP contribution in [-0.2, 0) is 19.2 Å². The molecule has 29 heavy (non-hydrogen) atoms. The first-order chi connectivity index (χ1) is 13.6. The molecule has 0 radical (unpaired) electrons. The van der Waals surface area contributed by atoms with Gasteiger partial charge in [-0.05, 0) is 6.42 Å². The van der Waals surface area contributed by atoms with Crippen LogP contribution in [0.15, 0.2) is 0 Å². The number of nitrogens with two attached hydrogens (primary N) is 1. The average molecular weight is 417 g/mol. The summed E-state index contributed by atoms with van der Waals surface area (Å²) in [6.07, 6.45) is 8.12. The number of Topliss-reactive ketones (excluding diaryl/α,β-unsaturated/α-hetero) is 1. The first-order valence-electron chi connectivity index (χ1n) is 10.3. The van der Waals surface area contributed by atoms with Gasteiger partial charge in [0.2, 0.25) is 0 Å². The SMILES string of the molecule is CCCCCCCCCCCC(=O)C(N)C(CC(=O)O)(CC(=O)O)NCC(=O)O. The van der Waals surface area contributed by atoms with E-state index >= 15 is 0 Å². The van der Waals surface area contributed by atoms with E-state index < -0.39 is 54.7 Å². The van der Waals surface area contributed by atoms with Crippen LogP contribution in [0.25, 0.3) is 0 Å². The lowest BCUT2D eigenvalue weighted by Crippen LogP contribution is -2.64. The minimum absolute atomic E-state index is 0.104. The lowest BCUT2D eigenvalue weighted by Gasteiger charge is -2.36. The molecule has 168 valence electrons. The van der Waals surface area contributed by atoms with Gasteiger partial charge in [0.1, 0.15) is 0 Å². The van der Waals surface area contributed by atoms with Crippen molar-refractivity contribution in [1.29, 1.82) is 0 Å². The molecule has 1 unspecified atom stereocenters. The molecular weight excluding hydrogens is 380 g/mol. The molecule has 0 aromatic rings. The second-order valence-electron chi connectivity index (χ2n) is 7.57. The Balaban J connectivity index is 4.71. The lowest BCUT2D eigenvalue weighted by molar-refractivity contribution is -0.145. The third-order valence-electron chi connectivity index (χ3n) is 4.99. The van der Waals surface area contributed by atoms with Gasteiger partial charge >= 0.3 is 17.9 Å². The molecule has 1 atom stereocenters. The molecule has 0 spiro atoms. The standard InChI is InChI=1S/C20H36N2O7/c1-2-3-4-5-6-7-8-9-10-11-15(23)19(21)20(12-16(24)25,13-17(26)27)22-14-18(28)29/h19,22H,2-14,21H2,1H3,(H,24,25)(H,26,27)(H,28,29). The predicted molar refractivity (Wildman–Crippen MR) is 108 cm³/mol. The van der Waals surface area contributed by atoms with Gasteiger partial charge in [0, 0.05) is 6.42 Å². The average Bonchev–Trinajstić information content (AvgIpc) is 2.63. The summed E-state index contributed by atoms with van der Waals surface area (Å²) in [5.74, 6) is -4.50. The summed E-state index contributed by atoms with van der Waals surface area (Å²) in [5.41, 5.74) is 4.10. The molecule has 0 fully saturated rings. The number of ketones is 1. The molecule has 0 aromatic heterocycles. The number of hydrogen-bond donors (Lipinski definition) is 5. The number of nitrogens with one attached hydrogen (secondary N) is 1. The number of hydrogen-bond acceptors (Lipinski definition) is 6. The minimum atomic E-state index is -1.85. The highest BCUT2D eigenvalue weighted by Gasteiger charge is 2.44. The van der Waals surface area contributed by atoms with Crippen LogP contribution in [0.5, 0.6) is 0 Å². The summed E-state index contributed by atoms with van der Waals surface area (Å²) >= 11 is 0. The molecule has 0 aromatic carbocycles. The molecular formula is C20H36N2O7. The zero-order valence-corrected chi connectivity index (χ0v) is 17.3. The van der Waals surface area contributed by atoms with Gasteiger partial charge in [-0.1, -0.05) is 58.3 Å². The summed E-state index contributed by atoms with van der Waals surface area (Å²) < 4.78 is 0. The van der Waals surface area contributed by atoms with E-state index in [4.69, 9.17) is 21.1 Å². The molecule has 0 saturated carbocycles. The van der Waals surface area contributed by atoms with Crippen LogP contribution < -0.4 is 11.1 Å². The number of rotatable bonds is 19. The molecule has 6 N–H and O–H groups in total. The third kappa shape index (κ3) is 12.2. The summed E-state index contributed by atoms with van der Waals surface area (Å²) in [4.78, 5) is 45.9. The van der Waals surface area contributed by atoms with E-state index in [1.807, 2.05) is 0 Å². The third-order valence-corrected chi connectivity index (χ3v) is 4.99. The van der Waals surface area contributed by atoms with Gasteiger partial charge in [-0.2, -0.15) is 0 Å². The molecule has 0 aliphatic rings. The van der Waals surface area contributed by atoms with Crippen molar-refractivity contribution in [1.82, 2.24) is 5.32 Å². The highest BCUT2D eigenvalue weighted by Crippen LogP contribution is 2.22. The topological polar surface area (TPSA) is 167 Å². The van der Waals surface area contributed by atoms with Crippen molar-refractivity contribution >= 4 is 23.7 Å². The van der Waals surface area contributed by atoms with Gasteiger partial charge in [-0.25, -0.2) is 0 Å². The quantitative estimate of drug-likeness (QED) is 0.198. The Bertz CT molecular complexity index is 521. The molecule has 0 rings (SSSR count). The Morgan fingerprint density at radius 1 is 0.793 bits per heavy atom.